The molecule has 23 heavy (non-hydrogen) atoms. The number of halogens is 1. The van der Waals surface area contributed by atoms with E-state index in [1.54, 1.807) is 12.1 Å². The van der Waals surface area contributed by atoms with Crippen LogP contribution in [-0.2, 0) is 4.79 Å². The van der Waals surface area contributed by atoms with E-state index >= 15 is 0 Å². The van der Waals surface area contributed by atoms with Gasteiger partial charge in [-0.05, 0) is 45.4 Å². The zero-order valence-electron chi connectivity index (χ0n) is 13.7. The van der Waals surface area contributed by atoms with Crippen molar-refractivity contribution in [2.45, 2.75) is 45.8 Å². The van der Waals surface area contributed by atoms with E-state index in [2.05, 4.69) is 27.6 Å². The Kier molecular flexibility index (Phi) is 5.74. The van der Waals surface area contributed by atoms with Crippen LogP contribution in [0.15, 0.2) is 30.7 Å². The molecule has 0 unspecified atom stereocenters. The molecular weight excluding hydrogens is 314 g/mol. The van der Waals surface area contributed by atoms with Crippen molar-refractivity contribution in [1.29, 1.82) is 0 Å². The summed E-state index contributed by atoms with van der Waals surface area (Å²) < 4.78 is 1.90. The van der Waals surface area contributed by atoms with E-state index in [1.165, 1.54) is 6.20 Å². The van der Waals surface area contributed by atoms with Gasteiger partial charge >= 0.3 is 0 Å². The Hall–Kier alpha value is -1.92. The molecule has 0 aliphatic heterocycles. The molecule has 6 nitrogen and oxygen atoms in total. The molecule has 0 bridgehead atoms. The van der Waals surface area contributed by atoms with E-state index in [0.29, 0.717) is 10.8 Å². The van der Waals surface area contributed by atoms with E-state index in [0.717, 1.165) is 5.56 Å². The predicted molar refractivity (Wildman–Crippen MR) is 91.6 cm³/mol. The number of aromatic nitrogens is 3. The van der Waals surface area contributed by atoms with Crippen LogP contribution < -0.4 is 10.6 Å². The quantitative estimate of drug-likeness (QED) is 0.851. The van der Waals surface area contributed by atoms with Gasteiger partial charge in [-0.3, -0.25) is 9.48 Å². The number of carbonyl (C=O) groups is 1. The minimum atomic E-state index is -0.360. The second-order valence-electron chi connectivity index (χ2n) is 5.77. The van der Waals surface area contributed by atoms with Crippen LogP contribution in [0.1, 0.15) is 32.4 Å². The van der Waals surface area contributed by atoms with Crippen molar-refractivity contribution in [2.75, 3.05) is 5.32 Å². The number of carbonyl (C=O) groups excluding carboxylic acids is 1. The maximum atomic E-state index is 12.2. The van der Waals surface area contributed by atoms with Gasteiger partial charge in [0.1, 0.15) is 5.82 Å². The molecule has 2 rings (SSSR count). The lowest BCUT2D eigenvalue weighted by Gasteiger charge is -2.25. The highest BCUT2D eigenvalue weighted by Crippen LogP contribution is 2.12. The second kappa shape index (κ2) is 7.57. The smallest absolute Gasteiger partial charge is 0.242 e. The molecule has 2 N–H and O–H groups in total. The van der Waals surface area contributed by atoms with E-state index in [1.807, 2.05) is 37.8 Å². The van der Waals surface area contributed by atoms with Crippen LogP contribution in [-0.4, -0.2) is 32.8 Å². The predicted octanol–water partition coefficient (Wildman–Crippen LogP) is 2.81. The van der Waals surface area contributed by atoms with Crippen LogP contribution in [0.3, 0.4) is 0 Å². The lowest BCUT2D eigenvalue weighted by Crippen LogP contribution is -2.45. The highest BCUT2D eigenvalue weighted by Gasteiger charge is 2.20. The number of hydrogen-bond acceptors (Lipinski definition) is 4. The third kappa shape index (κ3) is 4.77. The Morgan fingerprint density at radius 3 is 2.57 bits per heavy atom. The molecule has 3 atom stereocenters. The van der Waals surface area contributed by atoms with Crippen LogP contribution in [0.2, 0.25) is 5.02 Å². The van der Waals surface area contributed by atoms with Gasteiger partial charge in [0.2, 0.25) is 5.91 Å². The Morgan fingerprint density at radius 2 is 2.00 bits per heavy atom. The number of aryl methyl sites for hydroxylation is 1. The van der Waals surface area contributed by atoms with Gasteiger partial charge in [-0.1, -0.05) is 11.6 Å². The van der Waals surface area contributed by atoms with Gasteiger partial charge in [0.05, 0.1) is 23.3 Å². The number of rotatable bonds is 6. The number of amides is 1. The zero-order chi connectivity index (χ0) is 17.0. The maximum absolute atomic E-state index is 12.2. The highest BCUT2D eigenvalue weighted by molar-refractivity contribution is 6.30. The molecule has 0 spiro atoms. The van der Waals surface area contributed by atoms with Gasteiger partial charge in [0.25, 0.3) is 0 Å². The van der Waals surface area contributed by atoms with E-state index in [-0.39, 0.29) is 24.0 Å². The second-order valence-corrected chi connectivity index (χ2v) is 6.20. The lowest BCUT2D eigenvalue weighted by molar-refractivity contribution is -0.118. The monoisotopic (exact) mass is 335 g/mol. The average Bonchev–Trinajstić information content (AvgIpc) is 2.95. The summed E-state index contributed by atoms with van der Waals surface area (Å²) in [7, 11) is 0. The SMILES string of the molecule is Cc1cnn([C@H](C)[C@@H](C)N[C@H](C)C(=O)Nc2ccc(Cl)cn2)c1. The molecule has 0 aliphatic carbocycles. The van der Waals surface area contributed by atoms with E-state index in [9.17, 15) is 4.79 Å². The molecule has 2 heterocycles. The Morgan fingerprint density at radius 1 is 1.26 bits per heavy atom. The van der Waals surface area contributed by atoms with E-state index < -0.39 is 0 Å². The van der Waals surface area contributed by atoms with Gasteiger partial charge in [-0.2, -0.15) is 5.10 Å². The van der Waals surface area contributed by atoms with Crippen molar-refractivity contribution in [3.8, 4) is 0 Å². The molecule has 0 aliphatic rings. The van der Waals surface area contributed by atoms with Crippen molar-refractivity contribution in [2.24, 2.45) is 0 Å². The molecule has 0 saturated carbocycles. The standard InChI is InChI=1S/C16H22ClN5O/c1-10-7-19-22(9-10)13(4)11(2)20-12(3)16(23)21-15-6-5-14(17)8-18-15/h5-9,11-13,20H,1-4H3,(H,18,21,23)/t11-,12-,13-/m1/s1. The third-order valence-electron chi connectivity index (χ3n) is 3.76. The summed E-state index contributed by atoms with van der Waals surface area (Å²) in [6.07, 6.45) is 5.32. The molecule has 1 amide bonds. The summed E-state index contributed by atoms with van der Waals surface area (Å²) >= 11 is 5.78. The van der Waals surface area contributed by atoms with Crippen LogP contribution in [0, 0.1) is 6.92 Å². The van der Waals surface area contributed by atoms with Crippen molar-refractivity contribution < 1.29 is 4.79 Å². The van der Waals surface area contributed by atoms with Gasteiger partial charge in [-0.25, -0.2) is 4.98 Å². The average molecular weight is 336 g/mol. The van der Waals surface area contributed by atoms with Crippen molar-refractivity contribution in [3.05, 3.63) is 41.3 Å². The first-order valence-corrected chi connectivity index (χ1v) is 7.94. The van der Waals surface area contributed by atoms with Crippen LogP contribution in [0.4, 0.5) is 5.82 Å². The molecule has 124 valence electrons. The van der Waals surface area contributed by atoms with Crippen molar-refractivity contribution in [1.82, 2.24) is 20.1 Å². The number of anilines is 1. The molecule has 7 heteroatoms. The Bertz CT molecular complexity index is 655. The van der Waals surface area contributed by atoms with Crippen LogP contribution in [0.25, 0.3) is 0 Å². The lowest BCUT2D eigenvalue weighted by atomic mass is 10.1. The summed E-state index contributed by atoms with van der Waals surface area (Å²) in [5.74, 6) is 0.340. The molecule has 2 aromatic rings. The van der Waals surface area contributed by atoms with Gasteiger partial charge in [-0.15, -0.1) is 0 Å². The number of nitrogens with zero attached hydrogens (tertiary/aromatic N) is 3. The zero-order valence-corrected chi connectivity index (χ0v) is 14.5. The summed E-state index contributed by atoms with van der Waals surface area (Å²) in [5.41, 5.74) is 1.11. The molecular formula is C16H22ClN5O. The van der Waals surface area contributed by atoms with Crippen LogP contribution in [0.5, 0.6) is 0 Å². The summed E-state index contributed by atoms with van der Waals surface area (Å²) in [4.78, 5) is 16.3. The first-order chi connectivity index (χ1) is 10.9. The fourth-order valence-corrected chi connectivity index (χ4v) is 2.29. The first kappa shape index (κ1) is 17.4. The summed E-state index contributed by atoms with van der Waals surface area (Å²) in [6, 6.07) is 3.21. The summed E-state index contributed by atoms with van der Waals surface area (Å²) in [5, 5.41) is 10.9. The number of nitrogens with one attached hydrogen (secondary N) is 2. The topological polar surface area (TPSA) is 71.8 Å². The van der Waals surface area contributed by atoms with Crippen LogP contribution >= 0.6 is 11.6 Å². The summed E-state index contributed by atoms with van der Waals surface area (Å²) in [6.45, 7) is 7.92. The largest absolute Gasteiger partial charge is 0.309 e. The maximum Gasteiger partial charge on any atom is 0.242 e. The number of pyridine rings is 1. The third-order valence-corrected chi connectivity index (χ3v) is 3.98. The molecule has 2 aromatic heterocycles. The minimum absolute atomic E-state index is 0.0771. The van der Waals surface area contributed by atoms with Crippen molar-refractivity contribution in [3.63, 3.8) is 0 Å². The van der Waals surface area contributed by atoms with Gasteiger partial charge in [0.15, 0.2) is 0 Å². The Balaban J connectivity index is 1.90. The molecule has 0 saturated heterocycles. The Labute approximate surface area is 141 Å². The normalized spacial score (nSPS) is 15.0. The van der Waals surface area contributed by atoms with Gasteiger partial charge in [0, 0.05) is 18.4 Å². The first-order valence-electron chi connectivity index (χ1n) is 7.56. The van der Waals surface area contributed by atoms with Crippen molar-refractivity contribution >= 4 is 23.3 Å². The number of hydrogen-bond donors (Lipinski definition) is 2. The fourth-order valence-electron chi connectivity index (χ4n) is 2.18. The van der Waals surface area contributed by atoms with E-state index in [4.69, 9.17) is 11.6 Å². The fraction of sp³-hybridized carbons (Fsp3) is 0.438. The van der Waals surface area contributed by atoms with Gasteiger partial charge < -0.3 is 10.6 Å². The minimum Gasteiger partial charge on any atom is -0.309 e. The molecule has 0 aromatic carbocycles. The molecule has 0 fully saturated rings. The molecule has 0 radical (unpaired) electrons. The highest BCUT2D eigenvalue weighted by atomic mass is 35.5.